The Balaban J connectivity index is 2.79. The third kappa shape index (κ3) is 6.07. The Hall–Kier alpha value is -1.07. The molecule has 0 saturated carbocycles. The van der Waals surface area contributed by atoms with Crippen LogP contribution >= 0.6 is 15.9 Å². The van der Waals surface area contributed by atoms with Crippen molar-refractivity contribution in [3.8, 4) is 0 Å². The number of hydrogen-bond donors (Lipinski definition) is 2. The van der Waals surface area contributed by atoms with Crippen LogP contribution in [0.1, 0.15) is 33.3 Å². The van der Waals surface area contributed by atoms with E-state index in [1.807, 2.05) is 45.9 Å². The molecule has 19 heavy (non-hydrogen) atoms. The highest BCUT2D eigenvalue weighted by Gasteiger charge is 2.17. The lowest BCUT2D eigenvalue weighted by molar-refractivity contribution is 0.0636. The Kier molecular flexibility index (Phi) is 5.38. The van der Waals surface area contributed by atoms with Gasteiger partial charge < -0.3 is 10.5 Å². The summed E-state index contributed by atoms with van der Waals surface area (Å²) in [6.07, 6.45) is 0.294. The Morgan fingerprint density at radius 2 is 2.11 bits per heavy atom. The monoisotopic (exact) mass is 328 g/mol. The molecule has 1 rings (SSSR count). The van der Waals surface area contributed by atoms with Crippen LogP contribution in [0.25, 0.3) is 0 Å². The number of ether oxygens (including phenoxy) is 1. The average molecular weight is 329 g/mol. The molecule has 1 amide bonds. The largest absolute Gasteiger partial charge is 0.444 e. The van der Waals surface area contributed by atoms with E-state index in [9.17, 15) is 4.79 Å². The Morgan fingerprint density at radius 1 is 1.47 bits per heavy atom. The van der Waals surface area contributed by atoms with Crippen LogP contribution in [0.15, 0.2) is 22.7 Å². The minimum absolute atomic E-state index is 0.0792. The Labute approximate surface area is 122 Å². The van der Waals surface area contributed by atoms with E-state index in [-0.39, 0.29) is 6.04 Å². The van der Waals surface area contributed by atoms with Crippen LogP contribution in [0.3, 0.4) is 0 Å². The maximum absolute atomic E-state index is 11.7. The van der Waals surface area contributed by atoms with Crippen LogP contribution in [0.2, 0.25) is 0 Å². The molecule has 0 fully saturated rings. The zero-order chi connectivity index (χ0) is 14.6. The van der Waals surface area contributed by atoms with Gasteiger partial charge in [-0.3, -0.25) is 5.32 Å². The molecule has 0 saturated heterocycles. The summed E-state index contributed by atoms with van der Waals surface area (Å²) < 4.78 is 6.03. The maximum atomic E-state index is 11.7. The predicted octanol–water partition coefficient (Wildman–Crippen LogP) is 3.69. The van der Waals surface area contributed by atoms with Crippen LogP contribution < -0.4 is 11.1 Å². The van der Waals surface area contributed by atoms with Crippen LogP contribution in [0, 0.1) is 0 Å². The highest BCUT2D eigenvalue weighted by atomic mass is 79.9. The van der Waals surface area contributed by atoms with E-state index < -0.39 is 11.7 Å². The van der Waals surface area contributed by atoms with Crippen molar-refractivity contribution in [1.82, 2.24) is 0 Å². The average Bonchev–Trinajstić information content (AvgIpc) is 2.19. The number of anilines is 1. The molecule has 0 unspecified atom stereocenters. The first-order valence-corrected chi connectivity index (χ1v) is 7.00. The van der Waals surface area contributed by atoms with Crippen LogP contribution in [0.5, 0.6) is 0 Å². The number of nitrogens with two attached hydrogens (primary N) is 1. The summed E-state index contributed by atoms with van der Waals surface area (Å²) >= 11 is 3.40. The first-order chi connectivity index (χ1) is 8.67. The molecule has 0 aliphatic carbocycles. The smallest absolute Gasteiger partial charge is 0.412 e. The van der Waals surface area contributed by atoms with E-state index in [1.165, 1.54) is 0 Å². The van der Waals surface area contributed by atoms with Crippen molar-refractivity contribution in [2.45, 2.75) is 45.8 Å². The minimum atomic E-state index is -0.514. The lowest BCUT2D eigenvalue weighted by Crippen LogP contribution is -2.27. The molecule has 0 aliphatic heterocycles. The Bertz CT molecular complexity index is 453. The van der Waals surface area contributed by atoms with Gasteiger partial charge in [-0.05, 0) is 67.7 Å². The molecule has 1 aromatic carbocycles. The number of benzene rings is 1. The minimum Gasteiger partial charge on any atom is -0.444 e. The van der Waals surface area contributed by atoms with Gasteiger partial charge in [-0.2, -0.15) is 0 Å². The van der Waals surface area contributed by atoms with Crippen molar-refractivity contribution in [3.63, 3.8) is 0 Å². The molecule has 1 atom stereocenters. The van der Waals surface area contributed by atoms with Gasteiger partial charge in [0.2, 0.25) is 0 Å². The number of rotatable bonds is 3. The fraction of sp³-hybridized carbons (Fsp3) is 0.500. The first kappa shape index (κ1) is 16.0. The summed E-state index contributed by atoms with van der Waals surface area (Å²) in [6, 6.07) is 5.85. The number of amides is 1. The maximum Gasteiger partial charge on any atom is 0.412 e. The van der Waals surface area contributed by atoms with E-state index in [2.05, 4.69) is 21.2 Å². The molecule has 1 aromatic rings. The van der Waals surface area contributed by atoms with E-state index in [1.54, 1.807) is 0 Å². The van der Waals surface area contributed by atoms with Crippen molar-refractivity contribution in [1.29, 1.82) is 0 Å². The van der Waals surface area contributed by atoms with Gasteiger partial charge in [0.05, 0.1) is 5.69 Å². The second-order valence-electron chi connectivity index (χ2n) is 5.62. The standard InChI is InChI=1S/C14H21BrN2O2/c1-9(16)7-10-5-6-11(15)12(8-10)17-13(18)19-14(2,3)4/h5-6,8-9H,7,16H2,1-4H3,(H,17,18)/t9-/m1/s1. The zero-order valence-corrected chi connectivity index (χ0v) is 13.4. The topological polar surface area (TPSA) is 64.3 Å². The highest BCUT2D eigenvalue weighted by Crippen LogP contribution is 2.25. The molecule has 0 bridgehead atoms. The Morgan fingerprint density at radius 3 is 2.63 bits per heavy atom. The summed E-state index contributed by atoms with van der Waals surface area (Å²) in [5.41, 5.74) is 7.02. The van der Waals surface area contributed by atoms with Crippen molar-refractivity contribution >= 4 is 27.7 Å². The second-order valence-corrected chi connectivity index (χ2v) is 6.48. The second kappa shape index (κ2) is 6.39. The van der Waals surface area contributed by atoms with Crippen LogP contribution in [-0.2, 0) is 11.2 Å². The third-order valence-electron chi connectivity index (χ3n) is 2.22. The number of nitrogens with one attached hydrogen (secondary N) is 1. The number of carbonyl (C=O) groups is 1. The number of hydrogen-bond acceptors (Lipinski definition) is 3. The van der Waals surface area contributed by atoms with E-state index in [0.717, 1.165) is 16.5 Å². The molecule has 0 aromatic heterocycles. The summed E-state index contributed by atoms with van der Waals surface area (Å²) in [5.74, 6) is 0. The molecule has 5 heteroatoms. The summed E-state index contributed by atoms with van der Waals surface area (Å²) in [5, 5.41) is 2.73. The molecular weight excluding hydrogens is 308 g/mol. The number of halogens is 1. The lowest BCUT2D eigenvalue weighted by atomic mass is 10.1. The fourth-order valence-corrected chi connectivity index (χ4v) is 1.93. The van der Waals surface area contributed by atoms with Gasteiger partial charge in [0.25, 0.3) is 0 Å². The summed E-state index contributed by atoms with van der Waals surface area (Å²) in [7, 11) is 0. The lowest BCUT2D eigenvalue weighted by Gasteiger charge is -2.20. The molecule has 4 nitrogen and oxygen atoms in total. The SMILES string of the molecule is C[C@@H](N)Cc1ccc(Br)c(NC(=O)OC(C)(C)C)c1. The van der Waals surface area contributed by atoms with Gasteiger partial charge in [-0.25, -0.2) is 4.79 Å². The van der Waals surface area contributed by atoms with Gasteiger partial charge in [0.1, 0.15) is 5.60 Å². The molecule has 0 aliphatic rings. The van der Waals surface area contributed by atoms with Gasteiger partial charge in [0.15, 0.2) is 0 Å². The molecule has 0 heterocycles. The zero-order valence-electron chi connectivity index (χ0n) is 11.8. The van der Waals surface area contributed by atoms with Crippen LogP contribution in [0.4, 0.5) is 10.5 Å². The van der Waals surface area contributed by atoms with Gasteiger partial charge in [0, 0.05) is 10.5 Å². The van der Waals surface area contributed by atoms with Crippen molar-refractivity contribution in [3.05, 3.63) is 28.2 Å². The van der Waals surface area contributed by atoms with Gasteiger partial charge >= 0.3 is 6.09 Å². The highest BCUT2D eigenvalue weighted by molar-refractivity contribution is 9.10. The quantitative estimate of drug-likeness (QED) is 0.889. The fourth-order valence-electron chi connectivity index (χ4n) is 1.58. The van der Waals surface area contributed by atoms with Gasteiger partial charge in [-0.15, -0.1) is 0 Å². The third-order valence-corrected chi connectivity index (χ3v) is 2.92. The molecule has 0 radical (unpaired) electrons. The molecule has 106 valence electrons. The normalized spacial score (nSPS) is 12.9. The van der Waals surface area contributed by atoms with E-state index in [4.69, 9.17) is 10.5 Å². The van der Waals surface area contributed by atoms with Crippen LogP contribution in [-0.4, -0.2) is 17.7 Å². The summed E-state index contributed by atoms with van der Waals surface area (Å²) in [6.45, 7) is 7.43. The van der Waals surface area contributed by atoms with Crippen molar-refractivity contribution < 1.29 is 9.53 Å². The van der Waals surface area contributed by atoms with E-state index in [0.29, 0.717) is 5.69 Å². The molecule has 3 N–H and O–H groups in total. The summed E-state index contributed by atoms with van der Waals surface area (Å²) in [4.78, 5) is 11.7. The van der Waals surface area contributed by atoms with Gasteiger partial charge in [-0.1, -0.05) is 6.07 Å². The van der Waals surface area contributed by atoms with Crippen molar-refractivity contribution in [2.24, 2.45) is 5.73 Å². The van der Waals surface area contributed by atoms with Crippen molar-refractivity contribution in [2.75, 3.05) is 5.32 Å². The van der Waals surface area contributed by atoms with E-state index >= 15 is 0 Å². The first-order valence-electron chi connectivity index (χ1n) is 6.21. The molecular formula is C14H21BrN2O2. The molecule has 0 spiro atoms. The predicted molar refractivity (Wildman–Crippen MR) is 81.4 cm³/mol. The number of carbonyl (C=O) groups excluding carboxylic acids is 1.